The van der Waals surface area contributed by atoms with Crippen LogP contribution < -0.4 is 10.1 Å². The predicted octanol–water partition coefficient (Wildman–Crippen LogP) is 3.46. The molecule has 0 bridgehead atoms. The van der Waals surface area contributed by atoms with Crippen molar-refractivity contribution in [2.45, 2.75) is 37.7 Å². The molecular formula is C26H35N3O5S. The van der Waals surface area contributed by atoms with Gasteiger partial charge in [-0.25, -0.2) is 8.42 Å². The molecule has 1 unspecified atom stereocenters. The number of anilines is 1. The average molecular weight is 502 g/mol. The summed E-state index contributed by atoms with van der Waals surface area (Å²) in [5.41, 5.74) is 0.914. The van der Waals surface area contributed by atoms with Crippen molar-refractivity contribution in [3.63, 3.8) is 0 Å². The number of sulfonamides is 1. The summed E-state index contributed by atoms with van der Waals surface area (Å²) in [6, 6.07) is 13.4. The van der Waals surface area contributed by atoms with E-state index in [1.807, 2.05) is 13.8 Å². The van der Waals surface area contributed by atoms with Crippen molar-refractivity contribution in [1.82, 2.24) is 9.21 Å². The van der Waals surface area contributed by atoms with E-state index < -0.39 is 10.0 Å². The fraction of sp³-hybridized carbons (Fsp3) is 0.500. The molecule has 2 aromatic carbocycles. The zero-order valence-corrected chi connectivity index (χ0v) is 21.3. The largest absolute Gasteiger partial charge is 0.491 e. The number of rotatable bonds is 8. The van der Waals surface area contributed by atoms with Gasteiger partial charge >= 0.3 is 0 Å². The molecule has 2 aromatic rings. The molecule has 0 aromatic heterocycles. The molecule has 2 heterocycles. The van der Waals surface area contributed by atoms with Gasteiger partial charge in [-0.05, 0) is 75.1 Å². The number of morpholine rings is 1. The minimum absolute atomic E-state index is 0.0645. The van der Waals surface area contributed by atoms with Crippen molar-refractivity contribution >= 4 is 21.6 Å². The number of benzene rings is 2. The van der Waals surface area contributed by atoms with Crippen LogP contribution in [-0.4, -0.2) is 75.6 Å². The normalized spacial score (nSPS) is 20.0. The van der Waals surface area contributed by atoms with Crippen LogP contribution in [-0.2, 0) is 14.8 Å². The Morgan fingerprint density at radius 3 is 2.57 bits per heavy atom. The molecule has 9 heteroatoms. The van der Waals surface area contributed by atoms with Crippen molar-refractivity contribution in [3.8, 4) is 5.75 Å². The maximum Gasteiger partial charge on any atom is 0.255 e. The van der Waals surface area contributed by atoms with Gasteiger partial charge in [-0.1, -0.05) is 6.07 Å². The highest BCUT2D eigenvalue weighted by atomic mass is 32.2. The standard InChI is InChI=1S/C26H35N3O5S/c1-20(2)34-24-10-8-23(9-11-24)27-26(30)22-6-3-7-25(17-22)35(31,32)29-12-4-5-21(19-29)18-28-13-15-33-16-14-28/h3,6-11,17,20-21H,4-5,12-16,18-19H2,1-2H3,(H,27,30). The lowest BCUT2D eigenvalue weighted by atomic mass is 9.99. The highest BCUT2D eigenvalue weighted by Crippen LogP contribution is 2.26. The number of carbonyl (C=O) groups is 1. The fourth-order valence-electron chi connectivity index (χ4n) is 4.58. The van der Waals surface area contributed by atoms with Crippen LogP contribution in [0.2, 0.25) is 0 Å². The average Bonchev–Trinajstić information content (AvgIpc) is 2.86. The number of nitrogens with one attached hydrogen (secondary N) is 1. The van der Waals surface area contributed by atoms with Gasteiger partial charge in [0, 0.05) is 44.0 Å². The SMILES string of the molecule is CC(C)Oc1ccc(NC(=O)c2cccc(S(=O)(=O)N3CCCC(CN4CCOCC4)C3)c2)cc1. The van der Waals surface area contributed by atoms with Crippen LogP contribution in [0.3, 0.4) is 0 Å². The molecule has 0 aliphatic carbocycles. The molecule has 1 atom stereocenters. The van der Waals surface area contributed by atoms with Crippen LogP contribution in [0.4, 0.5) is 5.69 Å². The van der Waals surface area contributed by atoms with Crippen molar-refractivity contribution < 1.29 is 22.7 Å². The van der Waals surface area contributed by atoms with Crippen LogP contribution in [0.5, 0.6) is 5.75 Å². The van der Waals surface area contributed by atoms with Gasteiger partial charge in [0.05, 0.1) is 24.2 Å². The van der Waals surface area contributed by atoms with E-state index in [-0.39, 0.29) is 16.9 Å². The van der Waals surface area contributed by atoms with Gasteiger partial charge < -0.3 is 14.8 Å². The second-order valence-corrected chi connectivity index (χ2v) is 11.4. The summed E-state index contributed by atoms with van der Waals surface area (Å²) in [6.45, 7) is 9.05. The van der Waals surface area contributed by atoms with Crippen molar-refractivity contribution in [2.75, 3.05) is 51.3 Å². The van der Waals surface area contributed by atoms with E-state index in [0.29, 0.717) is 30.3 Å². The number of nitrogens with zero attached hydrogens (tertiary/aromatic N) is 2. The van der Waals surface area contributed by atoms with Crippen LogP contribution in [0, 0.1) is 5.92 Å². The first-order chi connectivity index (χ1) is 16.8. The quantitative estimate of drug-likeness (QED) is 0.596. The number of hydrogen-bond donors (Lipinski definition) is 1. The Bertz CT molecular complexity index is 1100. The van der Waals surface area contributed by atoms with Gasteiger partial charge in [0.2, 0.25) is 10.0 Å². The highest BCUT2D eigenvalue weighted by molar-refractivity contribution is 7.89. The third-order valence-corrected chi connectivity index (χ3v) is 8.18. The molecule has 2 aliphatic rings. The molecule has 1 N–H and O–H groups in total. The van der Waals surface area contributed by atoms with E-state index in [9.17, 15) is 13.2 Å². The second kappa shape index (κ2) is 11.5. The summed E-state index contributed by atoms with van der Waals surface area (Å²) in [4.78, 5) is 15.3. The smallest absolute Gasteiger partial charge is 0.255 e. The summed E-state index contributed by atoms with van der Waals surface area (Å²) in [5.74, 6) is 0.661. The third-order valence-electron chi connectivity index (χ3n) is 6.32. The molecule has 2 saturated heterocycles. The molecule has 190 valence electrons. The van der Waals surface area contributed by atoms with Gasteiger partial charge in [0.1, 0.15) is 5.75 Å². The first-order valence-corrected chi connectivity index (χ1v) is 13.7. The molecule has 2 fully saturated rings. The first-order valence-electron chi connectivity index (χ1n) is 12.3. The van der Waals surface area contributed by atoms with E-state index in [1.165, 1.54) is 6.07 Å². The summed E-state index contributed by atoms with van der Waals surface area (Å²) in [6.07, 6.45) is 1.92. The van der Waals surface area contributed by atoms with Gasteiger partial charge in [0.25, 0.3) is 5.91 Å². The Kier molecular flexibility index (Phi) is 8.43. The van der Waals surface area contributed by atoms with Gasteiger partial charge in [-0.3, -0.25) is 9.69 Å². The summed E-state index contributed by atoms with van der Waals surface area (Å²) in [7, 11) is -3.69. The number of ether oxygens (including phenoxy) is 2. The van der Waals surface area contributed by atoms with Gasteiger partial charge in [-0.2, -0.15) is 4.31 Å². The second-order valence-electron chi connectivity index (χ2n) is 9.46. The maximum atomic E-state index is 13.4. The third kappa shape index (κ3) is 6.82. The Morgan fingerprint density at radius 2 is 1.86 bits per heavy atom. The Morgan fingerprint density at radius 1 is 1.11 bits per heavy atom. The molecular weight excluding hydrogens is 466 g/mol. The Balaban J connectivity index is 1.41. The molecule has 35 heavy (non-hydrogen) atoms. The van der Waals surface area contributed by atoms with Crippen LogP contribution in [0.15, 0.2) is 53.4 Å². The van der Waals surface area contributed by atoms with E-state index >= 15 is 0 Å². The molecule has 0 radical (unpaired) electrons. The molecule has 8 nitrogen and oxygen atoms in total. The maximum absolute atomic E-state index is 13.4. The number of piperidine rings is 1. The Labute approximate surface area is 208 Å². The highest BCUT2D eigenvalue weighted by Gasteiger charge is 2.31. The lowest BCUT2D eigenvalue weighted by molar-refractivity contribution is 0.0265. The zero-order valence-electron chi connectivity index (χ0n) is 20.5. The van der Waals surface area contributed by atoms with Gasteiger partial charge in [-0.15, -0.1) is 0 Å². The van der Waals surface area contributed by atoms with Crippen molar-refractivity contribution in [1.29, 1.82) is 0 Å². The van der Waals surface area contributed by atoms with Crippen molar-refractivity contribution in [2.24, 2.45) is 5.92 Å². The Hall–Kier alpha value is -2.46. The topological polar surface area (TPSA) is 88.2 Å². The van der Waals surface area contributed by atoms with E-state index in [4.69, 9.17) is 9.47 Å². The lowest BCUT2D eigenvalue weighted by Gasteiger charge is -2.36. The van der Waals surface area contributed by atoms with Crippen LogP contribution in [0.25, 0.3) is 0 Å². The molecule has 0 spiro atoms. The zero-order chi connectivity index (χ0) is 24.8. The number of hydrogen-bond acceptors (Lipinski definition) is 6. The van der Waals surface area contributed by atoms with Crippen molar-refractivity contribution in [3.05, 3.63) is 54.1 Å². The summed E-state index contributed by atoms with van der Waals surface area (Å²) < 4.78 is 39.5. The number of amides is 1. The van der Waals surface area contributed by atoms with Gasteiger partial charge in [0.15, 0.2) is 0 Å². The minimum atomic E-state index is -3.69. The van der Waals surface area contributed by atoms with Crippen LogP contribution in [0.1, 0.15) is 37.0 Å². The van der Waals surface area contributed by atoms with E-state index in [1.54, 1.807) is 46.8 Å². The summed E-state index contributed by atoms with van der Waals surface area (Å²) >= 11 is 0. The fourth-order valence-corrected chi connectivity index (χ4v) is 6.18. The first kappa shape index (κ1) is 25.6. The summed E-state index contributed by atoms with van der Waals surface area (Å²) in [5, 5.41) is 2.83. The lowest BCUT2D eigenvalue weighted by Crippen LogP contribution is -2.46. The molecule has 4 rings (SSSR count). The van der Waals surface area contributed by atoms with E-state index in [2.05, 4.69) is 10.2 Å². The predicted molar refractivity (Wildman–Crippen MR) is 135 cm³/mol. The number of carbonyl (C=O) groups excluding carboxylic acids is 1. The van der Waals surface area contributed by atoms with Crippen LogP contribution >= 0.6 is 0 Å². The molecule has 1 amide bonds. The van der Waals surface area contributed by atoms with E-state index in [0.717, 1.165) is 51.4 Å². The monoisotopic (exact) mass is 501 g/mol. The minimum Gasteiger partial charge on any atom is -0.491 e. The molecule has 0 saturated carbocycles. The molecule has 2 aliphatic heterocycles.